The highest BCUT2D eigenvalue weighted by Crippen LogP contribution is 2.13. The molecule has 0 saturated carbocycles. The third-order valence-corrected chi connectivity index (χ3v) is 4.96. The minimum Gasteiger partial charge on any atom is -0.450 e. The summed E-state index contributed by atoms with van der Waals surface area (Å²) in [5.41, 5.74) is 0. The van der Waals surface area contributed by atoms with Crippen LogP contribution >= 0.6 is 0 Å². The number of hydrogen-bond donors (Lipinski definition) is 2. The Kier molecular flexibility index (Phi) is 8.63. The standard InChI is InChI=1S/C18H32N4O5/c1-3-26-17(24)21-9-5-14(6-10-21)19-13-16(23)20-15-7-11-22(12-8-15)18(25)27-4-2/h14-15,19H,3-13H2,1-2H3,(H,20,23). The molecule has 0 radical (unpaired) electrons. The van der Waals surface area contributed by atoms with Crippen LogP contribution in [0.2, 0.25) is 0 Å². The van der Waals surface area contributed by atoms with Crippen molar-refractivity contribution in [3.8, 4) is 0 Å². The number of piperidine rings is 2. The molecule has 0 spiro atoms. The van der Waals surface area contributed by atoms with Gasteiger partial charge in [-0.25, -0.2) is 9.59 Å². The lowest BCUT2D eigenvalue weighted by Gasteiger charge is -2.33. The van der Waals surface area contributed by atoms with Crippen LogP contribution in [0.15, 0.2) is 0 Å². The molecule has 2 rings (SSSR count). The van der Waals surface area contributed by atoms with Gasteiger partial charge in [-0.2, -0.15) is 0 Å². The molecular formula is C18H32N4O5. The number of nitrogens with zero attached hydrogens (tertiary/aromatic N) is 2. The Balaban J connectivity index is 1.59. The molecule has 27 heavy (non-hydrogen) atoms. The third-order valence-electron chi connectivity index (χ3n) is 4.96. The highest BCUT2D eigenvalue weighted by molar-refractivity contribution is 5.78. The zero-order valence-electron chi connectivity index (χ0n) is 16.4. The lowest BCUT2D eigenvalue weighted by molar-refractivity contribution is -0.121. The van der Waals surface area contributed by atoms with Crippen molar-refractivity contribution < 1.29 is 23.9 Å². The Morgan fingerprint density at radius 3 is 1.70 bits per heavy atom. The van der Waals surface area contributed by atoms with E-state index >= 15 is 0 Å². The number of rotatable bonds is 6. The van der Waals surface area contributed by atoms with E-state index in [-0.39, 0.29) is 36.7 Å². The minimum atomic E-state index is -0.280. The van der Waals surface area contributed by atoms with Gasteiger partial charge in [0.05, 0.1) is 19.8 Å². The second-order valence-electron chi connectivity index (χ2n) is 6.87. The van der Waals surface area contributed by atoms with Gasteiger partial charge in [0.15, 0.2) is 0 Å². The molecule has 0 aliphatic carbocycles. The van der Waals surface area contributed by atoms with Crippen molar-refractivity contribution in [1.82, 2.24) is 20.4 Å². The number of hydrogen-bond acceptors (Lipinski definition) is 6. The summed E-state index contributed by atoms with van der Waals surface area (Å²) in [6.45, 7) is 7.10. The predicted molar refractivity (Wildman–Crippen MR) is 99.4 cm³/mol. The van der Waals surface area contributed by atoms with Gasteiger partial charge in [-0.1, -0.05) is 0 Å². The number of amides is 3. The fourth-order valence-electron chi connectivity index (χ4n) is 3.42. The molecule has 9 nitrogen and oxygen atoms in total. The van der Waals surface area contributed by atoms with Crippen LogP contribution in [-0.2, 0) is 14.3 Å². The lowest BCUT2D eigenvalue weighted by atomic mass is 10.0. The van der Waals surface area contributed by atoms with Gasteiger partial charge in [0.1, 0.15) is 0 Å². The molecule has 0 unspecified atom stereocenters. The molecule has 9 heteroatoms. The summed E-state index contributed by atoms with van der Waals surface area (Å²) in [4.78, 5) is 38.9. The summed E-state index contributed by atoms with van der Waals surface area (Å²) in [7, 11) is 0. The highest BCUT2D eigenvalue weighted by atomic mass is 16.6. The summed E-state index contributed by atoms with van der Waals surface area (Å²) in [6, 6.07) is 0.322. The van der Waals surface area contributed by atoms with E-state index in [1.807, 2.05) is 0 Å². The first-order valence-corrected chi connectivity index (χ1v) is 9.89. The molecule has 2 fully saturated rings. The van der Waals surface area contributed by atoms with Gasteiger partial charge in [0.2, 0.25) is 5.91 Å². The molecule has 2 heterocycles. The summed E-state index contributed by atoms with van der Waals surface area (Å²) >= 11 is 0. The van der Waals surface area contributed by atoms with Crippen molar-refractivity contribution in [1.29, 1.82) is 0 Å². The second kappa shape index (κ2) is 11.0. The molecule has 0 bridgehead atoms. The van der Waals surface area contributed by atoms with Crippen molar-refractivity contribution >= 4 is 18.1 Å². The van der Waals surface area contributed by atoms with Gasteiger partial charge in [-0.05, 0) is 39.5 Å². The third kappa shape index (κ3) is 6.89. The number of likely N-dealkylation sites (tertiary alicyclic amines) is 2. The van der Waals surface area contributed by atoms with Crippen LogP contribution in [0.1, 0.15) is 39.5 Å². The van der Waals surface area contributed by atoms with Crippen LogP contribution in [0.25, 0.3) is 0 Å². The van der Waals surface area contributed by atoms with E-state index < -0.39 is 0 Å². The van der Waals surface area contributed by atoms with Crippen molar-refractivity contribution in [3.05, 3.63) is 0 Å². The van der Waals surface area contributed by atoms with Crippen LogP contribution in [0.3, 0.4) is 0 Å². The monoisotopic (exact) mass is 384 g/mol. The van der Waals surface area contributed by atoms with Crippen molar-refractivity contribution in [2.45, 2.75) is 51.6 Å². The first kappa shape index (κ1) is 21.3. The van der Waals surface area contributed by atoms with Gasteiger partial charge in [-0.3, -0.25) is 4.79 Å². The van der Waals surface area contributed by atoms with E-state index in [0.717, 1.165) is 25.7 Å². The fraction of sp³-hybridized carbons (Fsp3) is 0.833. The minimum absolute atomic E-state index is 0.0302. The summed E-state index contributed by atoms with van der Waals surface area (Å²) in [5.74, 6) is -0.0302. The zero-order valence-corrected chi connectivity index (χ0v) is 16.4. The molecule has 0 aromatic carbocycles. The summed E-state index contributed by atoms with van der Waals surface area (Å²) in [6.07, 6.45) is 2.56. The Bertz CT molecular complexity index is 500. The summed E-state index contributed by atoms with van der Waals surface area (Å²) < 4.78 is 10.0. The molecule has 2 aliphatic rings. The number of carbonyl (C=O) groups excluding carboxylic acids is 3. The SMILES string of the molecule is CCOC(=O)N1CCC(NCC(=O)NC2CCN(C(=O)OCC)CC2)CC1. The normalized spacial score (nSPS) is 18.9. The molecule has 0 aromatic rings. The number of nitrogens with one attached hydrogen (secondary N) is 2. The predicted octanol–water partition coefficient (Wildman–Crippen LogP) is 0.934. The van der Waals surface area contributed by atoms with E-state index in [2.05, 4.69) is 10.6 Å². The maximum atomic E-state index is 12.2. The van der Waals surface area contributed by atoms with Gasteiger partial charge in [-0.15, -0.1) is 0 Å². The Labute approximate surface area is 160 Å². The average molecular weight is 384 g/mol. The Morgan fingerprint density at radius 1 is 0.815 bits per heavy atom. The molecule has 0 atom stereocenters. The van der Waals surface area contributed by atoms with E-state index in [0.29, 0.717) is 39.4 Å². The van der Waals surface area contributed by atoms with Crippen LogP contribution in [0.4, 0.5) is 9.59 Å². The largest absolute Gasteiger partial charge is 0.450 e. The van der Waals surface area contributed by atoms with Crippen molar-refractivity contribution in [2.75, 3.05) is 45.9 Å². The molecule has 0 aromatic heterocycles. The molecule has 2 N–H and O–H groups in total. The highest BCUT2D eigenvalue weighted by Gasteiger charge is 2.26. The van der Waals surface area contributed by atoms with Gasteiger partial charge in [0.25, 0.3) is 0 Å². The van der Waals surface area contributed by atoms with E-state index in [1.54, 1.807) is 23.6 Å². The quantitative estimate of drug-likeness (QED) is 0.707. The van der Waals surface area contributed by atoms with Crippen molar-refractivity contribution in [3.63, 3.8) is 0 Å². The molecule has 3 amide bonds. The van der Waals surface area contributed by atoms with Crippen LogP contribution < -0.4 is 10.6 Å². The van der Waals surface area contributed by atoms with Crippen LogP contribution in [0.5, 0.6) is 0 Å². The van der Waals surface area contributed by atoms with Gasteiger partial charge >= 0.3 is 12.2 Å². The second-order valence-corrected chi connectivity index (χ2v) is 6.87. The summed E-state index contributed by atoms with van der Waals surface area (Å²) in [5, 5.41) is 6.30. The average Bonchev–Trinajstić information content (AvgIpc) is 2.68. The topological polar surface area (TPSA) is 100 Å². The first-order chi connectivity index (χ1) is 13.0. The van der Waals surface area contributed by atoms with Crippen molar-refractivity contribution in [2.24, 2.45) is 0 Å². The molecule has 154 valence electrons. The first-order valence-electron chi connectivity index (χ1n) is 9.89. The van der Waals surface area contributed by atoms with E-state index in [4.69, 9.17) is 9.47 Å². The number of ether oxygens (including phenoxy) is 2. The molecule has 2 aliphatic heterocycles. The van der Waals surface area contributed by atoms with E-state index in [9.17, 15) is 14.4 Å². The maximum absolute atomic E-state index is 12.2. The molecule has 2 saturated heterocycles. The lowest BCUT2D eigenvalue weighted by Crippen LogP contribution is -2.50. The van der Waals surface area contributed by atoms with Crippen LogP contribution in [-0.4, -0.2) is 85.9 Å². The van der Waals surface area contributed by atoms with Gasteiger partial charge < -0.3 is 29.9 Å². The fourth-order valence-corrected chi connectivity index (χ4v) is 3.42. The smallest absolute Gasteiger partial charge is 0.409 e. The van der Waals surface area contributed by atoms with E-state index in [1.165, 1.54) is 0 Å². The zero-order chi connectivity index (χ0) is 19.6. The molecular weight excluding hydrogens is 352 g/mol. The van der Waals surface area contributed by atoms with Crippen LogP contribution in [0, 0.1) is 0 Å². The van der Waals surface area contributed by atoms with Gasteiger partial charge in [0, 0.05) is 38.3 Å². The Hall–Kier alpha value is -2.03. The number of carbonyl (C=O) groups is 3. The maximum Gasteiger partial charge on any atom is 0.409 e. The Morgan fingerprint density at radius 2 is 1.26 bits per heavy atom.